The van der Waals surface area contributed by atoms with Gasteiger partial charge >= 0.3 is 6.09 Å². The van der Waals surface area contributed by atoms with E-state index >= 15 is 0 Å². The highest BCUT2D eigenvalue weighted by Crippen LogP contribution is 2.14. The van der Waals surface area contributed by atoms with Crippen molar-refractivity contribution < 1.29 is 9.90 Å². The van der Waals surface area contributed by atoms with Gasteiger partial charge in [0, 0.05) is 13.1 Å². The first-order valence-corrected chi connectivity index (χ1v) is 15.7. The number of rotatable bonds is 28. The Kier molecular flexibility index (Phi) is 27.9. The molecule has 0 aliphatic carbocycles. The smallest absolute Gasteiger partial charge is 0.407 e. The van der Waals surface area contributed by atoms with Crippen molar-refractivity contribution in [2.45, 2.75) is 181 Å². The summed E-state index contributed by atoms with van der Waals surface area (Å²) in [5.74, 6) is 0. The van der Waals surface area contributed by atoms with E-state index in [1.165, 1.54) is 154 Å². The van der Waals surface area contributed by atoms with E-state index in [0.717, 1.165) is 25.9 Å². The second kappa shape index (κ2) is 28.5. The van der Waals surface area contributed by atoms with Crippen LogP contribution in [0.1, 0.15) is 181 Å². The minimum atomic E-state index is -0.725. The van der Waals surface area contributed by atoms with Crippen LogP contribution in [0.5, 0.6) is 0 Å². The summed E-state index contributed by atoms with van der Waals surface area (Å²) in [6, 6.07) is 0. The van der Waals surface area contributed by atoms with Gasteiger partial charge in [-0.3, -0.25) is 0 Å². The fraction of sp³-hybridized carbons (Fsp3) is 0.968. The molecule has 0 atom stereocenters. The molecule has 0 saturated carbocycles. The molecule has 0 heterocycles. The molecule has 1 N–H and O–H groups in total. The number of unbranched alkanes of at least 4 members (excludes halogenated alkanes) is 24. The maximum atomic E-state index is 11.5. The van der Waals surface area contributed by atoms with Crippen LogP contribution in [0.3, 0.4) is 0 Å². The lowest BCUT2D eigenvalue weighted by Crippen LogP contribution is -2.31. The first kappa shape index (κ1) is 33.3. The zero-order valence-corrected chi connectivity index (χ0v) is 23.6. The SMILES string of the molecule is CCCCCCCCCCCCCCCCCCN(CCCCCCCCCCCC)C(=O)O. The van der Waals surface area contributed by atoms with Gasteiger partial charge in [-0.15, -0.1) is 0 Å². The second-order valence-electron chi connectivity index (χ2n) is 10.8. The molecular weight excluding hydrogens is 418 g/mol. The fourth-order valence-electron chi connectivity index (χ4n) is 4.94. The van der Waals surface area contributed by atoms with Crippen LogP contribution in [-0.2, 0) is 0 Å². The molecule has 0 radical (unpaired) electrons. The average molecular weight is 482 g/mol. The van der Waals surface area contributed by atoms with Gasteiger partial charge in [0.15, 0.2) is 0 Å². The molecule has 0 aromatic carbocycles. The van der Waals surface area contributed by atoms with Gasteiger partial charge in [0.05, 0.1) is 0 Å². The zero-order valence-electron chi connectivity index (χ0n) is 23.6. The molecule has 0 aromatic heterocycles. The molecule has 204 valence electrons. The minimum absolute atomic E-state index is 0.725. The third-order valence-corrected chi connectivity index (χ3v) is 7.33. The number of carboxylic acid groups (broad SMARTS) is 1. The lowest BCUT2D eigenvalue weighted by Gasteiger charge is -2.19. The molecule has 0 bridgehead atoms. The van der Waals surface area contributed by atoms with E-state index in [-0.39, 0.29) is 0 Å². The van der Waals surface area contributed by atoms with E-state index in [4.69, 9.17) is 0 Å². The predicted molar refractivity (Wildman–Crippen MR) is 151 cm³/mol. The third-order valence-electron chi connectivity index (χ3n) is 7.33. The molecule has 0 aliphatic heterocycles. The summed E-state index contributed by atoms with van der Waals surface area (Å²) < 4.78 is 0. The molecule has 0 spiro atoms. The van der Waals surface area contributed by atoms with Crippen molar-refractivity contribution in [2.75, 3.05) is 13.1 Å². The number of hydrogen-bond acceptors (Lipinski definition) is 1. The quantitative estimate of drug-likeness (QED) is 0.113. The molecule has 0 rings (SSSR count). The molecule has 0 unspecified atom stereocenters. The van der Waals surface area contributed by atoms with Crippen LogP contribution in [0.15, 0.2) is 0 Å². The van der Waals surface area contributed by atoms with Crippen LogP contribution in [0.25, 0.3) is 0 Å². The first-order valence-electron chi connectivity index (χ1n) is 15.7. The van der Waals surface area contributed by atoms with E-state index in [0.29, 0.717) is 0 Å². The minimum Gasteiger partial charge on any atom is -0.465 e. The second-order valence-corrected chi connectivity index (χ2v) is 10.8. The third kappa shape index (κ3) is 25.9. The van der Waals surface area contributed by atoms with Crippen molar-refractivity contribution in [3.05, 3.63) is 0 Å². The molecule has 0 saturated heterocycles. The Morgan fingerprint density at radius 1 is 0.412 bits per heavy atom. The molecule has 34 heavy (non-hydrogen) atoms. The Morgan fingerprint density at radius 3 is 0.824 bits per heavy atom. The van der Waals surface area contributed by atoms with Crippen molar-refractivity contribution in [1.29, 1.82) is 0 Å². The van der Waals surface area contributed by atoms with Crippen molar-refractivity contribution in [2.24, 2.45) is 0 Å². The van der Waals surface area contributed by atoms with Crippen molar-refractivity contribution in [3.63, 3.8) is 0 Å². The summed E-state index contributed by atoms with van der Waals surface area (Å²) in [5.41, 5.74) is 0. The molecule has 0 aliphatic rings. The Bertz CT molecular complexity index is 399. The van der Waals surface area contributed by atoms with E-state index < -0.39 is 6.09 Å². The van der Waals surface area contributed by atoms with Gasteiger partial charge in [-0.25, -0.2) is 4.79 Å². The predicted octanol–water partition coefficient (Wildman–Crippen LogP) is 11.1. The summed E-state index contributed by atoms with van der Waals surface area (Å²) in [6.07, 6.45) is 34.0. The van der Waals surface area contributed by atoms with Crippen molar-refractivity contribution in [3.8, 4) is 0 Å². The highest BCUT2D eigenvalue weighted by molar-refractivity contribution is 5.64. The van der Waals surface area contributed by atoms with Gasteiger partial charge < -0.3 is 10.0 Å². The number of amides is 1. The standard InChI is InChI=1S/C31H63NO2/c1-3-5-7-9-11-13-15-16-17-18-19-20-22-24-26-28-30-32(31(33)34)29-27-25-23-21-14-12-10-8-6-4-2/h3-30H2,1-2H3,(H,33,34). The van der Waals surface area contributed by atoms with Crippen LogP contribution in [0, 0.1) is 0 Å². The van der Waals surface area contributed by atoms with Crippen LogP contribution >= 0.6 is 0 Å². The normalized spacial score (nSPS) is 11.2. The summed E-state index contributed by atoms with van der Waals surface area (Å²) >= 11 is 0. The average Bonchev–Trinajstić information content (AvgIpc) is 2.83. The number of carbonyl (C=O) groups is 1. The van der Waals surface area contributed by atoms with Crippen molar-refractivity contribution in [1.82, 2.24) is 4.90 Å². The maximum Gasteiger partial charge on any atom is 0.407 e. The monoisotopic (exact) mass is 481 g/mol. The Balaban J connectivity index is 3.38. The number of hydrogen-bond donors (Lipinski definition) is 1. The lowest BCUT2D eigenvalue weighted by molar-refractivity contribution is 0.143. The summed E-state index contributed by atoms with van der Waals surface area (Å²) in [5, 5.41) is 9.47. The summed E-state index contributed by atoms with van der Waals surface area (Å²) in [4.78, 5) is 13.2. The van der Waals surface area contributed by atoms with Gasteiger partial charge in [0.25, 0.3) is 0 Å². The maximum absolute atomic E-state index is 11.5. The van der Waals surface area contributed by atoms with Crippen molar-refractivity contribution >= 4 is 6.09 Å². The highest BCUT2D eigenvalue weighted by atomic mass is 16.4. The summed E-state index contributed by atoms with van der Waals surface area (Å²) in [7, 11) is 0. The largest absolute Gasteiger partial charge is 0.465 e. The van der Waals surface area contributed by atoms with Crippen LogP contribution < -0.4 is 0 Å². The molecule has 1 amide bonds. The molecule has 3 nitrogen and oxygen atoms in total. The van der Waals surface area contributed by atoms with E-state index in [1.807, 2.05) is 0 Å². The van der Waals surface area contributed by atoms with Crippen LogP contribution in [-0.4, -0.2) is 29.2 Å². The highest BCUT2D eigenvalue weighted by Gasteiger charge is 2.10. The topological polar surface area (TPSA) is 40.5 Å². The van der Waals surface area contributed by atoms with Gasteiger partial charge in [-0.2, -0.15) is 0 Å². The first-order chi connectivity index (χ1) is 16.7. The van der Waals surface area contributed by atoms with Gasteiger partial charge in [-0.05, 0) is 12.8 Å². The fourth-order valence-corrected chi connectivity index (χ4v) is 4.94. The molecule has 3 heteroatoms. The zero-order chi connectivity index (χ0) is 25.0. The van der Waals surface area contributed by atoms with Crippen LogP contribution in [0.2, 0.25) is 0 Å². The molecular formula is C31H63NO2. The summed E-state index contributed by atoms with van der Waals surface area (Å²) in [6.45, 7) is 6.00. The van der Waals surface area contributed by atoms with Gasteiger partial charge in [0.2, 0.25) is 0 Å². The molecule has 0 aromatic rings. The van der Waals surface area contributed by atoms with Gasteiger partial charge in [0.1, 0.15) is 0 Å². The van der Waals surface area contributed by atoms with E-state index in [1.54, 1.807) is 4.90 Å². The van der Waals surface area contributed by atoms with E-state index in [9.17, 15) is 9.90 Å². The van der Waals surface area contributed by atoms with Gasteiger partial charge in [-0.1, -0.05) is 168 Å². The lowest BCUT2D eigenvalue weighted by atomic mass is 10.0. The Morgan fingerprint density at radius 2 is 0.618 bits per heavy atom. The number of nitrogens with zero attached hydrogens (tertiary/aromatic N) is 1. The Labute approximate surface area is 214 Å². The van der Waals surface area contributed by atoms with Crippen LogP contribution in [0.4, 0.5) is 4.79 Å². The molecule has 0 fully saturated rings. The Hall–Kier alpha value is -0.730. The van der Waals surface area contributed by atoms with E-state index in [2.05, 4.69) is 13.8 Å².